The van der Waals surface area contributed by atoms with Gasteiger partial charge in [0.15, 0.2) is 0 Å². The number of rotatable bonds is 5. The van der Waals surface area contributed by atoms with Gasteiger partial charge in [0.1, 0.15) is 5.75 Å². The predicted octanol–water partition coefficient (Wildman–Crippen LogP) is 1.82. The molecule has 1 aromatic carbocycles. The smallest absolute Gasteiger partial charge is 0.267 e. The number of amides is 1. The minimum absolute atomic E-state index is 0.150. The van der Waals surface area contributed by atoms with Crippen LogP contribution in [0, 0.1) is 0 Å². The zero-order valence-electron chi connectivity index (χ0n) is 10.5. The number of nitrogens with one attached hydrogen (secondary N) is 3. The Kier molecular flexibility index (Phi) is 3.84. The molecular formula is C13H17N3O2. The summed E-state index contributed by atoms with van der Waals surface area (Å²) >= 11 is 0. The van der Waals surface area contributed by atoms with Crippen molar-refractivity contribution in [2.75, 3.05) is 13.7 Å². The number of hydrazine groups is 1. The van der Waals surface area contributed by atoms with E-state index in [1.54, 1.807) is 13.3 Å². The van der Waals surface area contributed by atoms with E-state index in [0.29, 0.717) is 5.56 Å². The van der Waals surface area contributed by atoms with E-state index < -0.39 is 0 Å². The maximum absolute atomic E-state index is 12.0. The molecule has 0 unspecified atom stereocenters. The van der Waals surface area contributed by atoms with Crippen LogP contribution >= 0.6 is 0 Å². The van der Waals surface area contributed by atoms with Crippen LogP contribution in [0.5, 0.6) is 5.75 Å². The van der Waals surface area contributed by atoms with Crippen LogP contribution < -0.4 is 15.6 Å². The number of ether oxygens (including phenoxy) is 1. The quantitative estimate of drug-likeness (QED) is 0.557. The molecule has 0 saturated carbocycles. The van der Waals surface area contributed by atoms with Crippen molar-refractivity contribution in [1.82, 2.24) is 15.8 Å². The van der Waals surface area contributed by atoms with Crippen molar-refractivity contribution >= 4 is 16.8 Å². The van der Waals surface area contributed by atoms with Gasteiger partial charge in [-0.25, -0.2) is 5.43 Å². The summed E-state index contributed by atoms with van der Waals surface area (Å²) in [7, 11) is 1.61. The summed E-state index contributed by atoms with van der Waals surface area (Å²) in [4.78, 5) is 15.0. The predicted molar refractivity (Wildman–Crippen MR) is 70.6 cm³/mol. The molecule has 0 saturated heterocycles. The molecule has 5 heteroatoms. The number of aromatic nitrogens is 1. The van der Waals surface area contributed by atoms with Crippen LogP contribution in [0.4, 0.5) is 0 Å². The fourth-order valence-electron chi connectivity index (χ4n) is 1.75. The molecule has 1 aromatic heterocycles. The first-order chi connectivity index (χ1) is 8.76. The van der Waals surface area contributed by atoms with Crippen LogP contribution in [0.15, 0.2) is 24.4 Å². The number of H-pyrrole nitrogens is 1. The van der Waals surface area contributed by atoms with Crippen LogP contribution in [0.3, 0.4) is 0 Å². The van der Waals surface area contributed by atoms with E-state index in [-0.39, 0.29) is 5.91 Å². The highest BCUT2D eigenvalue weighted by molar-refractivity contribution is 6.06. The first-order valence-electron chi connectivity index (χ1n) is 5.94. The molecule has 0 radical (unpaired) electrons. The lowest BCUT2D eigenvalue weighted by molar-refractivity contribution is 0.0935. The first kappa shape index (κ1) is 12.4. The molecule has 96 valence electrons. The summed E-state index contributed by atoms with van der Waals surface area (Å²) in [5.41, 5.74) is 7.06. The van der Waals surface area contributed by atoms with Gasteiger partial charge in [0.2, 0.25) is 0 Å². The van der Waals surface area contributed by atoms with E-state index in [4.69, 9.17) is 4.74 Å². The number of carbonyl (C=O) groups is 1. The third-order valence-corrected chi connectivity index (χ3v) is 2.71. The van der Waals surface area contributed by atoms with Crippen molar-refractivity contribution in [1.29, 1.82) is 0 Å². The van der Waals surface area contributed by atoms with E-state index in [9.17, 15) is 4.79 Å². The number of fused-ring (bicyclic) bond motifs is 1. The van der Waals surface area contributed by atoms with Crippen LogP contribution in [0.25, 0.3) is 10.9 Å². The summed E-state index contributed by atoms with van der Waals surface area (Å²) in [6.45, 7) is 2.78. The number of benzene rings is 1. The molecule has 0 bridgehead atoms. The fraction of sp³-hybridized carbons (Fsp3) is 0.308. The average molecular weight is 247 g/mol. The highest BCUT2D eigenvalue weighted by Crippen LogP contribution is 2.23. The number of methoxy groups -OCH3 is 1. The minimum atomic E-state index is -0.150. The molecule has 18 heavy (non-hydrogen) atoms. The number of aromatic amines is 1. The molecule has 0 aliphatic rings. The Labute approximate surface area is 105 Å². The molecule has 1 heterocycles. The average Bonchev–Trinajstić information content (AvgIpc) is 2.81. The Morgan fingerprint density at radius 3 is 3.00 bits per heavy atom. The van der Waals surface area contributed by atoms with Gasteiger partial charge in [-0.3, -0.25) is 10.2 Å². The van der Waals surface area contributed by atoms with Gasteiger partial charge in [0.05, 0.1) is 12.7 Å². The summed E-state index contributed by atoms with van der Waals surface area (Å²) < 4.78 is 5.16. The highest BCUT2D eigenvalue weighted by Gasteiger charge is 2.11. The van der Waals surface area contributed by atoms with Gasteiger partial charge in [-0.15, -0.1) is 0 Å². The lowest BCUT2D eigenvalue weighted by atomic mass is 10.1. The van der Waals surface area contributed by atoms with E-state index in [1.807, 2.05) is 25.1 Å². The lowest BCUT2D eigenvalue weighted by Crippen LogP contribution is -2.37. The standard InChI is InChI=1S/C13H17N3O2/c1-3-6-15-16-13(17)11-8-14-12-5-4-9(18-2)7-10(11)12/h4-5,7-8,14-15H,3,6H2,1-2H3,(H,16,17). The molecule has 2 aromatic rings. The van der Waals surface area contributed by atoms with E-state index in [0.717, 1.165) is 29.6 Å². The number of carbonyl (C=O) groups excluding carboxylic acids is 1. The second-order valence-electron chi connectivity index (χ2n) is 3.99. The summed E-state index contributed by atoms with van der Waals surface area (Å²) in [6, 6.07) is 5.60. The summed E-state index contributed by atoms with van der Waals surface area (Å²) in [5.74, 6) is 0.584. The van der Waals surface area contributed by atoms with E-state index in [1.165, 1.54) is 0 Å². The van der Waals surface area contributed by atoms with Crippen LogP contribution in [0.1, 0.15) is 23.7 Å². The summed E-state index contributed by atoms with van der Waals surface area (Å²) in [6.07, 6.45) is 2.66. The Balaban J connectivity index is 2.24. The molecule has 0 aliphatic carbocycles. The van der Waals surface area contributed by atoms with Crippen molar-refractivity contribution in [3.8, 4) is 5.75 Å². The second-order valence-corrected chi connectivity index (χ2v) is 3.99. The molecule has 1 amide bonds. The van der Waals surface area contributed by atoms with Crippen LogP contribution in [-0.2, 0) is 0 Å². The molecule has 0 spiro atoms. The second kappa shape index (κ2) is 5.55. The van der Waals surface area contributed by atoms with Gasteiger partial charge in [0, 0.05) is 23.6 Å². The van der Waals surface area contributed by atoms with Gasteiger partial charge >= 0.3 is 0 Å². The highest BCUT2D eigenvalue weighted by atomic mass is 16.5. The van der Waals surface area contributed by atoms with Crippen molar-refractivity contribution < 1.29 is 9.53 Å². The van der Waals surface area contributed by atoms with E-state index in [2.05, 4.69) is 15.8 Å². The van der Waals surface area contributed by atoms with Crippen molar-refractivity contribution in [2.45, 2.75) is 13.3 Å². The Morgan fingerprint density at radius 1 is 1.44 bits per heavy atom. The maximum atomic E-state index is 12.0. The minimum Gasteiger partial charge on any atom is -0.497 e. The number of hydrogen-bond donors (Lipinski definition) is 3. The molecule has 0 atom stereocenters. The van der Waals surface area contributed by atoms with Crippen LogP contribution in [0.2, 0.25) is 0 Å². The molecule has 0 aliphatic heterocycles. The van der Waals surface area contributed by atoms with Gasteiger partial charge in [-0.05, 0) is 24.6 Å². The third-order valence-electron chi connectivity index (χ3n) is 2.71. The number of hydrogen-bond acceptors (Lipinski definition) is 3. The van der Waals surface area contributed by atoms with E-state index >= 15 is 0 Å². The van der Waals surface area contributed by atoms with Gasteiger partial charge in [-0.2, -0.15) is 0 Å². The molecule has 5 nitrogen and oxygen atoms in total. The molecule has 0 fully saturated rings. The zero-order valence-corrected chi connectivity index (χ0v) is 10.5. The fourth-order valence-corrected chi connectivity index (χ4v) is 1.75. The Hall–Kier alpha value is -2.01. The molecule has 3 N–H and O–H groups in total. The van der Waals surface area contributed by atoms with Gasteiger partial charge < -0.3 is 9.72 Å². The molecular weight excluding hydrogens is 230 g/mol. The van der Waals surface area contributed by atoms with Gasteiger partial charge in [-0.1, -0.05) is 6.92 Å². The largest absolute Gasteiger partial charge is 0.497 e. The summed E-state index contributed by atoms with van der Waals surface area (Å²) in [5, 5.41) is 0.852. The van der Waals surface area contributed by atoms with Crippen LogP contribution in [-0.4, -0.2) is 24.5 Å². The van der Waals surface area contributed by atoms with Crippen molar-refractivity contribution in [3.63, 3.8) is 0 Å². The topological polar surface area (TPSA) is 66.1 Å². The van der Waals surface area contributed by atoms with Crippen molar-refractivity contribution in [2.24, 2.45) is 0 Å². The zero-order chi connectivity index (χ0) is 13.0. The monoisotopic (exact) mass is 247 g/mol. The Bertz CT molecular complexity index is 548. The SMILES string of the molecule is CCCNNC(=O)c1c[nH]c2ccc(OC)cc12. The maximum Gasteiger partial charge on any atom is 0.267 e. The first-order valence-corrected chi connectivity index (χ1v) is 5.94. The normalized spacial score (nSPS) is 10.6. The third kappa shape index (κ3) is 2.46. The molecule has 2 rings (SSSR count). The van der Waals surface area contributed by atoms with Crippen molar-refractivity contribution in [3.05, 3.63) is 30.0 Å². The Morgan fingerprint density at radius 2 is 2.28 bits per heavy atom. The lowest BCUT2D eigenvalue weighted by Gasteiger charge is -2.05. The van der Waals surface area contributed by atoms with Gasteiger partial charge in [0.25, 0.3) is 5.91 Å².